The molecule has 0 radical (unpaired) electrons. The molecule has 0 bridgehead atoms. The van der Waals surface area contributed by atoms with Gasteiger partial charge in [-0.3, -0.25) is 0 Å². The van der Waals surface area contributed by atoms with Crippen LogP contribution in [0, 0.1) is 0 Å². The average molecular weight is 350 g/mol. The van der Waals surface area contributed by atoms with Crippen molar-refractivity contribution in [1.29, 1.82) is 0 Å². The van der Waals surface area contributed by atoms with Gasteiger partial charge in [-0.25, -0.2) is 0 Å². The lowest BCUT2D eigenvalue weighted by atomic mass is 10.2. The van der Waals surface area contributed by atoms with Crippen LogP contribution in [0.4, 0.5) is 0 Å². The Hall–Kier alpha value is -2.85. The summed E-state index contributed by atoms with van der Waals surface area (Å²) in [5, 5.41) is 10.2. The maximum absolute atomic E-state index is 10.2. The van der Waals surface area contributed by atoms with Crippen LogP contribution in [0.15, 0.2) is 72.9 Å². The quantitative estimate of drug-likeness (QED) is 0.661. The van der Waals surface area contributed by atoms with Crippen LogP contribution in [0.2, 0.25) is 0 Å². The topological polar surface area (TPSA) is 42.6 Å². The molecule has 0 saturated heterocycles. The van der Waals surface area contributed by atoms with Crippen molar-refractivity contribution in [2.45, 2.75) is 26.2 Å². The largest absolute Gasteiger partial charge is 0.485 e. The summed E-state index contributed by atoms with van der Waals surface area (Å²) in [6, 6.07) is 21.8. The third kappa shape index (κ3) is 4.41. The molecule has 2 aromatic carbocycles. The summed E-state index contributed by atoms with van der Waals surface area (Å²) in [4.78, 5) is 0. The van der Waals surface area contributed by atoms with Crippen molar-refractivity contribution in [3.8, 4) is 11.5 Å². The van der Waals surface area contributed by atoms with Crippen molar-refractivity contribution in [3.63, 3.8) is 0 Å². The first-order valence-electron chi connectivity index (χ1n) is 8.69. The predicted molar refractivity (Wildman–Crippen MR) is 99.8 cm³/mol. The number of aryl methyl sites for hydroxylation is 1. The smallest absolute Gasteiger partial charge is 0.255 e. The maximum Gasteiger partial charge on any atom is 0.255 e. The van der Waals surface area contributed by atoms with Gasteiger partial charge in [0.1, 0.15) is 26.4 Å². The van der Waals surface area contributed by atoms with Crippen molar-refractivity contribution < 1.29 is 19.1 Å². The zero-order valence-corrected chi connectivity index (χ0v) is 15.1. The molecule has 0 amide bonds. The zero-order chi connectivity index (χ0) is 18.4. The molecule has 1 aromatic heterocycles. The first-order chi connectivity index (χ1) is 12.6. The van der Waals surface area contributed by atoms with E-state index in [0.717, 1.165) is 11.1 Å². The average Bonchev–Trinajstić information content (AvgIpc) is 2.66. The van der Waals surface area contributed by atoms with Crippen molar-refractivity contribution in [3.05, 3.63) is 89.7 Å². The second kappa shape index (κ2) is 8.50. The van der Waals surface area contributed by atoms with Crippen LogP contribution in [-0.4, -0.2) is 5.11 Å². The van der Waals surface area contributed by atoms with E-state index >= 15 is 0 Å². The van der Waals surface area contributed by atoms with Gasteiger partial charge in [-0.05, 0) is 18.1 Å². The fraction of sp³-hybridized carbons (Fsp3) is 0.227. The SMILES string of the molecule is CC(O)c1c(OCc2ccccc2)c(OCc2ccccc2)cc[n+]1C. The fourth-order valence-corrected chi connectivity index (χ4v) is 2.83. The summed E-state index contributed by atoms with van der Waals surface area (Å²) < 4.78 is 13.9. The lowest BCUT2D eigenvalue weighted by Gasteiger charge is -2.16. The van der Waals surface area contributed by atoms with E-state index in [1.54, 1.807) is 6.92 Å². The lowest BCUT2D eigenvalue weighted by molar-refractivity contribution is -0.683. The second-order valence-electron chi connectivity index (χ2n) is 6.23. The molecular weight excluding hydrogens is 326 g/mol. The van der Waals surface area contributed by atoms with Gasteiger partial charge in [0.2, 0.25) is 5.75 Å². The highest BCUT2D eigenvalue weighted by molar-refractivity contribution is 5.41. The highest BCUT2D eigenvalue weighted by atomic mass is 16.5. The molecule has 3 aromatic rings. The molecule has 0 aliphatic rings. The van der Waals surface area contributed by atoms with Gasteiger partial charge in [-0.15, -0.1) is 0 Å². The number of pyridine rings is 1. The highest BCUT2D eigenvalue weighted by Gasteiger charge is 2.25. The summed E-state index contributed by atoms with van der Waals surface area (Å²) in [5.74, 6) is 1.20. The van der Waals surface area contributed by atoms with Gasteiger partial charge in [0.15, 0.2) is 11.9 Å². The van der Waals surface area contributed by atoms with Crippen LogP contribution >= 0.6 is 0 Å². The molecule has 0 fully saturated rings. The molecule has 1 N–H and O–H groups in total. The Kier molecular flexibility index (Phi) is 5.87. The van der Waals surface area contributed by atoms with Crippen LogP contribution in [0.25, 0.3) is 0 Å². The van der Waals surface area contributed by atoms with E-state index in [1.165, 1.54) is 0 Å². The van der Waals surface area contributed by atoms with E-state index in [1.807, 2.05) is 84.5 Å². The summed E-state index contributed by atoms with van der Waals surface area (Å²) >= 11 is 0. The summed E-state index contributed by atoms with van der Waals surface area (Å²) in [5.41, 5.74) is 2.82. The van der Waals surface area contributed by atoms with E-state index in [9.17, 15) is 5.11 Å². The normalized spacial score (nSPS) is 11.8. The molecule has 0 saturated carbocycles. The number of rotatable bonds is 7. The van der Waals surface area contributed by atoms with Crippen LogP contribution in [-0.2, 0) is 20.3 Å². The Bertz CT molecular complexity index is 833. The van der Waals surface area contributed by atoms with Gasteiger partial charge in [0, 0.05) is 6.07 Å². The van der Waals surface area contributed by atoms with Crippen LogP contribution in [0.3, 0.4) is 0 Å². The Morgan fingerprint density at radius 3 is 1.92 bits per heavy atom. The molecular formula is C22H24NO3+. The van der Waals surface area contributed by atoms with Crippen molar-refractivity contribution in [2.24, 2.45) is 7.05 Å². The molecule has 0 spiro atoms. The highest BCUT2D eigenvalue weighted by Crippen LogP contribution is 2.33. The Balaban J connectivity index is 1.86. The standard InChI is InChI=1S/C22H24NO3/c1-17(24)21-22(26-16-19-11-7-4-8-12-19)20(13-14-23(21)2)25-15-18-9-5-3-6-10-18/h3-14,17,24H,15-16H2,1-2H3/q+1. The zero-order valence-electron chi connectivity index (χ0n) is 15.1. The summed E-state index contributed by atoms with van der Waals surface area (Å²) in [7, 11) is 1.89. The first-order valence-corrected chi connectivity index (χ1v) is 8.69. The van der Waals surface area contributed by atoms with Crippen molar-refractivity contribution in [1.82, 2.24) is 0 Å². The van der Waals surface area contributed by atoms with Crippen LogP contribution in [0.1, 0.15) is 29.8 Å². The van der Waals surface area contributed by atoms with E-state index < -0.39 is 6.10 Å². The second-order valence-corrected chi connectivity index (χ2v) is 6.23. The number of nitrogens with zero attached hydrogens (tertiary/aromatic N) is 1. The minimum Gasteiger partial charge on any atom is -0.485 e. The molecule has 1 unspecified atom stereocenters. The summed E-state index contributed by atoms with van der Waals surface area (Å²) in [6.45, 7) is 2.58. The van der Waals surface area contributed by atoms with E-state index in [2.05, 4.69) is 0 Å². The molecule has 134 valence electrons. The number of ether oxygens (including phenoxy) is 2. The number of aliphatic hydroxyl groups is 1. The van der Waals surface area contributed by atoms with Gasteiger partial charge in [-0.1, -0.05) is 60.7 Å². The predicted octanol–water partition coefficient (Wildman–Crippen LogP) is 3.72. The molecule has 3 rings (SSSR count). The number of benzene rings is 2. The third-order valence-electron chi connectivity index (χ3n) is 4.14. The monoisotopic (exact) mass is 350 g/mol. The van der Waals surface area contributed by atoms with Crippen LogP contribution < -0.4 is 14.0 Å². The van der Waals surface area contributed by atoms with Crippen molar-refractivity contribution >= 4 is 0 Å². The minimum atomic E-state index is -0.675. The van der Waals surface area contributed by atoms with Crippen LogP contribution in [0.5, 0.6) is 11.5 Å². The number of hydrogen-bond donors (Lipinski definition) is 1. The van der Waals surface area contributed by atoms with Gasteiger partial charge >= 0.3 is 0 Å². The molecule has 1 atom stereocenters. The van der Waals surface area contributed by atoms with Crippen molar-refractivity contribution in [2.75, 3.05) is 0 Å². The van der Waals surface area contributed by atoms with Gasteiger partial charge < -0.3 is 14.6 Å². The van der Waals surface area contributed by atoms with E-state index in [0.29, 0.717) is 30.4 Å². The van der Waals surface area contributed by atoms with E-state index in [-0.39, 0.29) is 0 Å². The number of hydrogen-bond acceptors (Lipinski definition) is 3. The van der Waals surface area contributed by atoms with E-state index in [4.69, 9.17) is 9.47 Å². The molecule has 0 aliphatic heterocycles. The van der Waals surface area contributed by atoms with Gasteiger partial charge in [-0.2, -0.15) is 4.57 Å². The number of aromatic nitrogens is 1. The fourth-order valence-electron chi connectivity index (χ4n) is 2.83. The minimum absolute atomic E-state index is 0.409. The Morgan fingerprint density at radius 2 is 1.38 bits per heavy atom. The third-order valence-corrected chi connectivity index (χ3v) is 4.14. The maximum atomic E-state index is 10.2. The summed E-state index contributed by atoms with van der Waals surface area (Å²) in [6.07, 6.45) is 1.20. The Labute approximate surface area is 154 Å². The lowest BCUT2D eigenvalue weighted by Crippen LogP contribution is -2.35. The molecule has 1 heterocycles. The molecule has 26 heavy (non-hydrogen) atoms. The van der Waals surface area contributed by atoms with Gasteiger partial charge in [0.25, 0.3) is 5.69 Å². The van der Waals surface area contributed by atoms with Gasteiger partial charge in [0.05, 0.1) is 0 Å². The number of aliphatic hydroxyl groups excluding tert-OH is 1. The molecule has 4 heteroatoms. The first kappa shape index (κ1) is 18.0. The Morgan fingerprint density at radius 1 is 0.846 bits per heavy atom. The molecule has 0 aliphatic carbocycles. The molecule has 4 nitrogen and oxygen atoms in total.